The summed E-state index contributed by atoms with van der Waals surface area (Å²) in [5.74, 6) is -3.64. The highest BCUT2D eigenvalue weighted by Crippen LogP contribution is 2.43. The van der Waals surface area contributed by atoms with Crippen LogP contribution in [0.2, 0.25) is 0 Å². The highest BCUT2D eigenvalue weighted by Gasteiger charge is 2.76. The molecule has 0 radical (unpaired) electrons. The average molecular weight is 582 g/mol. The lowest BCUT2D eigenvalue weighted by Gasteiger charge is -2.46. The Labute approximate surface area is 240 Å². The highest BCUT2D eigenvalue weighted by molar-refractivity contribution is 5.98. The van der Waals surface area contributed by atoms with Crippen molar-refractivity contribution in [3.05, 3.63) is 65.0 Å². The summed E-state index contributed by atoms with van der Waals surface area (Å²) in [6.45, 7) is 4.44. The fourth-order valence-electron chi connectivity index (χ4n) is 6.42. The van der Waals surface area contributed by atoms with Crippen molar-refractivity contribution in [3.63, 3.8) is 0 Å². The summed E-state index contributed by atoms with van der Waals surface area (Å²) in [7, 11) is 0. The first-order valence-electron chi connectivity index (χ1n) is 13.7. The molecule has 222 valence electrons. The molecule has 42 heavy (non-hydrogen) atoms. The minimum Gasteiger partial charge on any atom is -0.492 e. The highest BCUT2D eigenvalue weighted by atomic mass is 19.1. The zero-order chi connectivity index (χ0) is 30.0. The SMILES string of the molecule is CC1(C)CCOc2c(C(=O)NC3CN4C(N)=N[C@@H](CNC(=O)c5ccc(F)cc5)[C@@H]5[NH+]=C(N)NC54C3(O)O)cccc21. The van der Waals surface area contributed by atoms with Crippen molar-refractivity contribution in [2.75, 3.05) is 19.7 Å². The molecule has 1 spiro atoms. The molecule has 4 aliphatic rings. The third-order valence-electron chi connectivity index (χ3n) is 8.73. The van der Waals surface area contributed by atoms with Crippen molar-refractivity contribution < 1.29 is 33.9 Å². The van der Waals surface area contributed by atoms with Crippen LogP contribution in [0.5, 0.6) is 5.75 Å². The Kier molecular flexibility index (Phi) is 6.31. The zero-order valence-corrected chi connectivity index (χ0v) is 23.1. The number of hydrogen-bond donors (Lipinski definition) is 8. The minimum absolute atomic E-state index is 0.0389. The number of halogens is 1. The summed E-state index contributed by atoms with van der Waals surface area (Å²) in [5.41, 5.74) is 11.9. The van der Waals surface area contributed by atoms with Crippen LogP contribution in [0.3, 0.4) is 0 Å². The van der Waals surface area contributed by atoms with E-state index in [0.717, 1.165) is 12.0 Å². The molecule has 13 nitrogen and oxygen atoms in total. The second-order valence-electron chi connectivity index (χ2n) is 11.7. The molecule has 1 fully saturated rings. The van der Waals surface area contributed by atoms with Crippen molar-refractivity contribution >= 4 is 23.7 Å². The van der Waals surface area contributed by atoms with E-state index in [2.05, 4.69) is 39.8 Å². The maximum atomic E-state index is 13.6. The molecular weight excluding hydrogens is 547 g/mol. The number of carbonyl (C=O) groups is 2. The van der Waals surface area contributed by atoms with Gasteiger partial charge in [-0.25, -0.2) is 14.7 Å². The maximum Gasteiger partial charge on any atom is 0.343 e. The molecule has 4 aliphatic heterocycles. The predicted molar refractivity (Wildman–Crippen MR) is 149 cm³/mol. The summed E-state index contributed by atoms with van der Waals surface area (Å²) in [6.07, 6.45) is 0.795. The van der Waals surface area contributed by atoms with E-state index in [4.69, 9.17) is 16.2 Å². The van der Waals surface area contributed by atoms with Gasteiger partial charge in [-0.2, -0.15) is 0 Å². The second-order valence-corrected chi connectivity index (χ2v) is 11.7. The molecule has 0 saturated carbocycles. The van der Waals surface area contributed by atoms with Crippen LogP contribution in [-0.2, 0) is 5.41 Å². The standard InChI is InChI=1S/C28H33FN8O5/c1-26(2)10-11-42-20-16(4-3-5-17(20)26)23(39)34-19-13-37-25(31)33-18(12-32-22(38)14-6-8-15(29)9-7-14)21-27(37,28(19,40)41)36-24(30)35-21/h3-9,18-19,21,40-41H,10-13H2,1-2H3,(H2,31,33)(H,32,38)(H,34,39)(H3,30,35,36)/p+1/t18-,19?,21-,27?/m0/s1. The number of carbonyl (C=O) groups excluding carboxylic acids is 2. The molecular formula is C28H34FN8O5+. The van der Waals surface area contributed by atoms with Crippen LogP contribution >= 0.6 is 0 Å². The molecule has 4 atom stereocenters. The molecule has 2 aromatic carbocycles. The molecule has 10 N–H and O–H groups in total. The lowest BCUT2D eigenvalue weighted by molar-refractivity contribution is -0.521. The number of rotatable bonds is 5. The third-order valence-corrected chi connectivity index (χ3v) is 8.73. The monoisotopic (exact) mass is 581 g/mol. The molecule has 2 aromatic rings. The largest absolute Gasteiger partial charge is 0.492 e. The number of para-hydroxylation sites is 1. The number of hydrogen-bond acceptors (Lipinski definition) is 10. The second kappa shape index (κ2) is 9.56. The lowest BCUT2D eigenvalue weighted by atomic mass is 9.79. The zero-order valence-electron chi connectivity index (χ0n) is 23.1. The van der Waals surface area contributed by atoms with E-state index in [1.807, 2.05) is 6.07 Å². The molecule has 2 amide bonds. The number of aliphatic imine (C=N–C) groups is 1. The Balaban J connectivity index is 1.26. The van der Waals surface area contributed by atoms with Gasteiger partial charge in [-0.1, -0.05) is 26.0 Å². The summed E-state index contributed by atoms with van der Waals surface area (Å²) in [5, 5.41) is 31.9. The number of nitrogens with two attached hydrogens (primary N) is 2. The number of ether oxygens (including phenoxy) is 1. The van der Waals surface area contributed by atoms with Crippen LogP contribution in [0.4, 0.5) is 4.39 Å². The Morgan fingerprint density at radius 3 is 2.67 bits per heavy atom. The number of amides is 2. The minimum atomic E-state index is -2.61. The van der Waals surface area contributed by atoms with Crippen LogP contribution in [0, 0.1) is 5.82 Å². The predicted octanol–water partition coefficient (Wildman–Crippen LogP) is -2.83. The summed E-state index contributed by atoms with van der Waals surface area (Å²) in [4.78, 5) is 35.2. The number of aliphatic hydroxyl groups is 2. The molecule has 4 heterocycles. The van der Waals surface area contributed by atoms with Gasteiger partial charge in [0.2, 0.25) is 5.79 Å². The van der Waals surface area contributed by atoms with Gasteiger partial charge in [0.05, 0.1) is 18.7 Å². The number of nitrogens with one attached hydrogen (secondary N) is 4. The van der Waals surface area contributed by atoms with Gasteiger partial charge in [0.25, 0.3) is 17.5 Å². The van der Waals surface area contributed by atoms with Gasteiger partial charge in [-0.15, -0.1) is 0 Å². The van der Waals surface area contributed by atoms with E-state index in [1.165, 1.54) is 29.2 Å². The summed E-state index contributed by atoms with van der Waals surface area (Å²) >= 11 is 0. The van der Waals surface area contributed by atoms with E-state index < -0.39 is 47.2 Å². The number of benzene rings is 2. The van der Waals surface area contributed by atoms with Gasteiger partial charge in [0, 0.05) is 17.7 Å². The van der Waals surface area contributed by atoms with E-state index in [9.17, 15) is 24.2 Å². The van der Waals surface area contributed by atoms with Gasteiger partial charge < -0.3 is 31.3 Å². The van der Waals surface area contributed by atoms with Crippen molar-refractivity contribution in [2.24, 2.45) is 16.5 Å². The molecule has 0 bridgehead atoms. The molecule has 0 aromatic heterocycles. The Hall–Kier alpha value is -4.43. The van der Waals surface area contributed by atoms with Crippen molar-refractivity contribution in [1.29, 1.82) is 0 Å². The molecule has 6 rings (SSSR count). The quantitative estimate of drug-likeness (QED) is 0.171. The smallest absolute Gasteiger partial charge is 0.343 e. The van der Waals surface area contributed by atoms with Crippen LogP contribution in [0.15, 0.2) is 47.5 Å². The van der Waals surface area contributed by atoms with Crippen LogP contribution in [-0.4, -0.2) is 88.1 Å². The number of nitrogens with zero attached hydrogens (tertiary/aromatic N) is 2. The Morgan fingerprint density at radius 1 is 1.19 bits per heavy atom. The molecule has 14 heteroatoms. The van der Waals surface area contributed by atoms with Crippen LogP contribution < -0.4 is 37.1 Å². The van der Waals surface area contributed by atoms with Crippen molar-refractivity contribution in [1.82, 2.24) is 20.9 Å². The molecule has 0 aliphatic carbocycles. The molecule has 1 saturated heterocycles. The molecule has 2 unspecified atom stereocenters. The fraction of sp³-hybridized carbons (Fsp3) is 0.429. The van der Waals surface area contributed by atoms with Crippen molar-refractivity contribution in [3.8, 4) is 5.75 Å². The van der Waals surface area contributed by atoms with E-state index in [-0.39, 0.29) is 41.6 Å². The van der Waals surface area contributed by atoms with Crippen molar-refractivity contribution in [2.45, 2.75) is 55.3 Å². The van der Waals surface area contributed by atoms with Gasteiger partial charge in [-0.3, -0.25) is 25.2 Å². The average Bonchev–Trinajstić information content (AvgIpc) is 3.41. The Morgan fingerprint density at radius 2 is 1.93 bits per heavy atom. The topological polar surface area (TPSA) is 202 Å². The lowest BCUT2D eigenvalue weighted by Crippen LogP contribution is -2.90. The Bertz CT molecular complexity index is 1510. The number of guanidine groups is 2. The van der Waals surface area contributed by atoms with E-state index >= 15 is 0 Å². The first-order chi connectivity index (χ1) is 19.8. The fourth-order valence-corrected chi connectivity index (χ4v) is 6.42. The maximum absolute atomic E-state index is 13.6. The summed E-state index contributed by atoms with van der Waals surface area (Å²) in [6, 6.07) is 7.45. The normalized spacial score (nSPS) is 28.2. The summed E-state index contributed by atoms with van der Waals surface area (Å²) < 4.78 is 19.2. The third kappa shape index (κ3) is 4.12. The van der Waals surface area contributed by atoms with Gasteiger partial charge in [0.15, 0.2) is 12.0 Å². The van der Waals surface area contributed by atoms with E-state index in [1.54, 1.807) is 12.1 Å². The number of fused-ring (bicyclic) bond motifs is 1. The first-order valence-corrected chi connectivity index (χ1v) is 13.7. The van der Waals surface area contributed by atoms with Crippen LogP contribution in [0.25, 0.3) is 0 Å². The van der Waals surface area contributed by atoms with Gasteiger partial charge in [0.1, 0.15) is 23.7 Å². The van der Waals surface area contributed by atoms with E-state index in [0.29, 0.717) is 12.4 Å². The first kappa shape index (κ1) is 27.7. The van der Waals surface area contributed by atoms with Gasteiger partial charge >= 0.3 is 5.96 Å². The van der Waals surface area contributed by atoms with Crippen LogP contribution in [0.1, 0.15) is 46.5 Å². The van der Waals surface area contributed by atoms with Gasteiger partial charge in [-0.05, 0) is 42.2 Å².